The number of esters is 1. The van der Waals surface area contributed by atoms with E-state index in [1.807, 2.05) is 26.8 Å². The zero-order chi connectivity index (χ0) is 14.8. The monoisotopic (exact) mass is 297 g/mol. The second-order valence-electron chi connectivity index (χ2n) is 6.11. The molecule has 5 nitrogen and oxygen atoms in total. The van der Waals surface area contributed by atoms with E-state index in [0.717, 1.165) is 25.3 Å². The van der Waals surface area contributed by atoms with Crippen LogP contribution in [0.25, 0.3) is 0 Å². The van der Waals surface area contributed by atoms with E-state index in [9.17, 15) is 4.79 Å². The molecule has 1 aliphatic rings. The Balaban J connectivity index is 1.86. The van der Waals surface area contributed by atoms with Crippen LogP contribution < -0.4 is 4.90 Å². The van der Waals surface area contributed by atoms with E-state index in [2.05, 4.69) is 15.1 Å². The van der Waals surface area contributed by atoms with Crippen molar-refractivity contribution in [3.05, 3.63) is 17.3 Å². The Hall–Kier alpha value is -1.36. The van der Waals surface area contributed by atoms with Crippen LogP contribution in [0.5, 0.6) is 0 Å². The van der Waals surface area contributed by atoms with E-state index in [1.54, 1.807) is 6.07 Å². The van der Waals surface area contributed by atoms with Crippen LogP contribution in [0.1, 0.15) is 33.6 Å². The van der Waals surface area contributed by atoms with Crippen molar-refractivity contribution in [3.8, 4) is 0 Å². The number of hydrogen-bond donors (Lipinski definition) is 0. The first-order valence-electron chi connectivity index (χ1n) is 6.79. The third-order valence-corrected chi connectivity index (χ3v) is 3.30. The number of halogens is 1. The molecule has 0 unspecified atom stereocenters. The van der Waals surface area contributed by atoms with Crippen molar-refractivity contribution in [2.45, 2.75) is 39.2 Å². The lowest BCUT2D eigenvalue weighted by Gasteiger charge is -2.21. The summed E-state index contributed by atoms with van der Waals surface area (Å²) in [5.41, 5.74) is -0.420. The van der Waals surface area contributed by atoms with Gasteiger partial charge in [0.15, 0.2) is 11.0 Å². The van der Waals surface area contributed by atoms with Gasteiger partial charge in [-0.1, -0.05) is 11.6 Å². The summed E-state index contributed by atoms with van der Waals surface area (Å²) < 4.78 is 5.35. The number of aromatic nitrogens is 2. The topological polar surface area (TPSA) is 55.3 Å². The highest BCUT2D eigenvalue weighted by Gasteiger charge is 2.27. The van der Waals surface area contributed by atoms with E-state index < -0.39 is 5.60 Å². The average Bonchev–Trinajstić information content (AvgIpc) is 2.75. The molecule has 0 spiro atoms. The van der Waals surface area contributed by atoms with Gasteiger partial charge >= 0.3 is 5.97 Å². The van der Waals surface area contributed by atoms with Crippen LogP contribution in [0.2, 0.25) is 5.15 Å². The van der Waals surface area contributed by atoms with Crippen molar-refractivity contribution >= 4 is 23.4 Å². The molecular formula is C14H20ClN3O2. The van der Waals surface area contributed by atoms with Gasteiger partial charge in [-0.25, -0.2) is 0 Å². The largest absolute Gasteiger partial charge is 0.460 e. The summed E-state index contributed by atoms with van der Waals surface area (Å²) >= 11 is 5.72. The van der Waals surface area contributed by atoms with Crippen LogP contribution in [0, 0.1) is 5.92 Å². The summed E-state index contributed by atoms with van der Waals surface area (Å²) in [6.07, 6.45) is 1.42. The minimum atomic E-state index is -0.420. The van der Waals surface area contributed by atoms with Gasteiger partial charge in [-0.3, -0.25) is 4.79 Å². The maximum absolute atomic E-state index is 11.8. The normalized spacial score (nSPS) is 19.2. The standard InChI is InChI=1S/C14H20ClN3O2/c1-14(2,3)20-13(19)8-10-6-7-18(9-10)12-5-4-11(15)16-17-12/h4-5,10H,6-9H2,1-3H3/t10-/m0/s1. The Kier molecular flexibility index (Phi) is 4.48. The van der Waals surface area contributed by atoms with E-state index in [1.165, 1.54) is 0 Å². The zero-order valence-electron chi connectivity index (χ0n) is 12.1. The molecule has 6 heteroatoms. The Morgan fingerprint density at radius 1 is 1.45 bits per heavy atom. The Labute approximate surface area is 124 Å². The van der Waals surface area contributed by atoms with Gasteiger partial charge in [0.05, 0.1) is 6.42 Å². The summed E-state index contributed by atoms with van der Waals surface area (Å²) in [5, 5.41) is 8.29. The van der Waals surface area contributed by atoms with Crippen molar-refractivity contribution in [2.75, 3.05) is 18.0 Å². The highest BCUT2D eigenvalue weighted by molar-refractivity contribution is 6.29. The molecule has 20 heavy (non-hydrogen) atoms. The lowest BCUT2D eigenvalue weighted by Crippen LogP contribution is -2.26. The van der Waals surface area contributed by atoms with Crippen LogP contribution in [0.4, 0.5) is 5.82 Å². The Morgan fingerprint density at radius 2 is 2.20 bits per heavy atom. The number of carbonyl (C=O) groups excluding carboxylic acids is 1. The second kappa shape index (κ2) is 5.95. The van der Waals surface area contributed by atoms with Gasteiger partial charge in [-0.15, -0.1) is 10.2 Å². The van der Waals surface area contributed by atoms with E-state index >= 15 is 0 Å². The maximum atomic E-state index is 11.8. The number of hydrogen-bond acceptors (Lipinski definition) is 5. The van der Waals surface area contributed by atoms with Gasteiger partial charge < -0.3 is 9.64 Å². The fourth-order valence-corrected chi connectivity index (χ4v) is 2.40. The first-order chi connectivity index (χ1) is 9.33. The lowest BCUT2D eigenvalue weighted by atomic mass is 10.1. The predicted molar refractivity (Wildman–Crippen MR) is 77.8 cm³/mol. The molecular weight excluding hydrogens is 278 g/mol. The van der Waals surface area contributed by atoms with E-state index in [4.69, 9.17) is 16.3 Å². The van der Waals surface area contributed by atoms with E-state index in [-0.39, 0.29) is 5.97 Å². The van der Waals surface area contributed by atoms with Crippen molar-refractivity contribution < 1.29 is 9.53 Å². The highest BCUT2D eigenvalue weighted by atomic mass is 35.5. The number of nitrogens with zero attached hydrogens (tertiary/aromatic N) is 3. The molecule has 1 aromatic rings. The molecule has 0 saturated carbocycles. The molecule has 1 atom stereocenters. The Bertz CT molecular complexity index is 470. The van der Waals surface area contributed by atoms with Gasteiger partial charge in [-0.2, -0.15) is 0 Å². The number of carbonyl (C=O) groups is 1. The Morgan fingerprint density at radius 3 is 2.80 bits per heavy atom. The SMILES string of the molecule is CC(C)(C)OC(=O)C[C@@H]1CCN(c2ccc(Cl)nn2)C1. The van der Waals surface area contributed by atoms with Gasteiger partial charge in [0.25, 0.3) is 0 Å². The number of rotatable bonds is 3. The summed E-state index contributed by atoms with van der Waals surface area (Å²) in [7, 11) is 0. The quantitative estimate of drug-likeness (QED) is 0.803. The minimum absolute atomic E-state index is 0.133. The van der Waals surface area contributed by atoms with Gasteiger partial charge in [-0.05, 0) is 45.2 Å². The third kappa shape index (κ3) is 4.34. The van der Waals surface area contributed by atoms with Crippen LogP contribution >= 0.6 is 11.6 Å². The summed E-state index contributed by atoms with van der Waals surface area (Å²) in [5.74, 6) is 0.981. The lowest BCUT2D eigenvalue weighted by molar-refractivity contribution is -0.155. The molecule has 1 aromatic heterocycles. The van der Waals surface area contributed by atoms with Crippen LogP contribution in [-0.2, 0) is 9.53 Å². The molecule has 0 radical (unpaired) electrons. The molecule has 1 aliphatic heterocycles. The molecule has 0 bridgehead atoms. The average molecular weight is 298 g/mol. The fraction of sp³-hybridized carbons (Fsp3) is 0.643. The molecule has 0 N–H and O–H groups in total. The van der Waals surface area contributed by atoms with Crippen molar-refractivity contribution in [1.29, 1.82) is 0 Å². The van der Waals surface area contributed by atoms with Crippen LogP contribution in [0.3, 0.4) is 0 Å². The van der Waals surface area contributed by atoms with Crippen LogP contribution in [0.15, 0.2) is 12.1 Å². The van der Waals surface area contributed by atoms with Gasteiger partial charge in [0.1, 0.15) is 5.60 Å². The van der Waals surface area contributed by atoms with Crippen molar-refractivity contribution in [3.63, 3.8) is 0 Å². The molecule has 2 heterocycles. The summed E-state index contributed by atoms with van der Waals surface area (Å²) in [6.45, 7) is 7.33. The summed E-state index contributed by atoms with van der Waals surface area (Å²) in [4.78, 5) is 13.9. The number of anilines is 1. The molecule has 0 aromatic carbocycles. The molecule has 0 amide bonds. The van der Waals surface area contributed by atoms with Crippen LogP contribution in [-0.4, -0.2) is 34.9 Å². The molecule has 2 rings (SSSR count). The van der Waals surface area contributed by atoms with Gasteiger partial charge in [0.2, 0.25) is 0 Å². The van der Waals surface area contributed by atoms with Crippen molar-refractivity contribution in [1.82, 2.24) is 10.2 Å². The molecule has 110 valence electrons. The number of ether oxygens (including phenoxy) is 1. The first-order valence-corrected chi connectivity index (χ1v) is 7.17. The molecule has 0 aliphatic carbocycles. The van der Waals surface area contributed by atoms with Crippen molar-refractivity contribution in [2.24, 2.45) is 5.92 Å². The van der Waals surface area contributed by atoms with E-state index in [0.29, 0.717) is 17.5 Å². The highest BCUT2D eigenvalue weighted by Crippen LogP contribution is 2.25. The fourth-order valence-electron chi connectivity index (χ4n) is 2.30. The third-order valence-electron chi connectivity index (χ3n) is 3.10. The second-order valence-corrected chi connectivity index (χ2v) is 6.49. The summed E-state index contributed by atoms with van der Waals surface area (Å²) in [6, 6.07) is 3.58. The first kappa shape index (κ1) is 15.0. The zero-order valence-corrected chi connectivity index (χ0v) is 12.9. The molecule has 1 fully saturated rings. The predicted octanol–water partition coefficient (Wildman–Crippen LogP) is 2.69. The molecule has 1 saturated heterocycles. The maximum Gasteiger partial charge on any atom is 0.306 e. The smallest absolute Gasteiger partial charge is 0.306 e. The minimum Gasteiger partial charge on any atom is -0.460 e. The van der Waals surface area contributed by atoms with Gasteiger partial charge in [0, 0.05) is 13.1 Å².